The Labute approximate surface area is 67.0 Å². The number of carbonyl (C=O) groups excluding carboxylic acids is 1. The zero-order valence-electron chi connectivity index (χ0n) is 6.96. The van der Waals surface area contributed by atoms with E-state index < -0.39 is 0 Å². The van der Waals surface area contributed by atoms with Crippen molar-refractivity contribution >= 4 is 5.78 Å². The number of ether oxygens (including phenoxy) is 1. The molecule has 0 fully saturated rings. The van der Waals surface area contributed by atoms with Crippen LogP contribution < -0.4 is 0 Å². The van der Waals surface area contributed by atoms with Crippen LogP contribution in [0.5, 0.6) is 0 Å². The van der Waals surface area contributed by atoms with Gasteiger partial charge < -0.3 is 4.74 Å². The van der Waals surface area contributed by atoms with E-state index in [-0.39, 0.29) is 11.7 Å². The number of hydrogen-bond acceptors (Lipinski definition) is 3. The highest BCUT2D eigenvalue weighted by Gasteiger charge is 2.10. The van der Waals surface area contributed by atoms with Crippen LogP contribution in [0.15, 0.2) is 0 Å². The summed E-state index contributed by atoms with van der Waals surface area (Å²) in [5.41, 5.74) is 0. The average molecular weight is 155 g/mol. The monoisotopic (exact) mass is 155 g/mol. The lowest BCUT2D eigenvalue weighted by molar-refractivity contribution is -0.123. The summed E-state index contributed by atoms with van der Waals surface area (Å²) in [7, 11) is 1.56. The number of methoxy groups -OCH3 is 1. The first-order valence-electron chi connectivity index (χ1n) is 3.61. The van der Waals surface area contributed by atoms with Crippen LogP contribution in [0, 0.1) is 17.2 Å². The first kappa shape index (κ1) is 10.1. The van der Waals surface area contributed by atoms with Crippen molar-refractivity contribution in [2.75, 3.05) is 13.7 Å². The highest BCUT2D eigenvalue weighted by molar-refractivity contribution is 5.80. The van der Waals surface area contributed by atoms with Gasteiger partial charge >= 0.3 is 0 Å². The van der Waals surface area contributed by atoms with Gasteiger partial charge in [-0.2, -0.15) is 5.26 Å². The summed E-state index contributed by atoms with van der Waals surface area (Å²) in [5.74, 6) is 0.0294. The lowest BCUT2D eigenvalue weighted by Gasteiger charge is -2.06. The van der Waals surface area contributed by atoms with Crippen molar-refractivity contribution in [1.82, 2.24) is 0 Å². The zero-order valence-corrected chi connectivity index (χ0v) is 6.96. The quantitative estimate of drug-likeness (QED) is 0.598. The number of carbonyl (C=O) groups is 1. The Bertz CT molecular complexity index is 160. The molecule has 0 spiro atoms. The molecule has 0 aromatic rings. The minimum absolute atomic E-state index is 0.0756. The van der Waals surface area contributed by atoms with E-state index >= 15 is 0 Å². The number of hydrogen-bond donors (Lipinski definition) is 0. The van der Waals surface area contributed by atoms with Crippen LogP contribution in [0.2, 0.25) is 0 Å². The molecule has 0 N–H and O–H groups in total. The fraction of sp³-hybridized carbons (Fsp3) is 0.750. The SMILES string of the molecule is COCC(C)C(=O)CCC#N. The third kappa shape index (κ3) is 4.51. The second-order valence-electron chi connectivity index (χ2n) is 2.48. The molecule has 0 rings (SSSR count). The molecule has 0 bridgehead atoms. The van der Waals surface area contributed by atoms with E-state index in [1.54, 1.807) is 7.11 Å². The van der Waals surface area contributed by atoms with E-state index in [0.717, 1.165) is 0 Å². The van der Waals surface area contributed by atoms with Crippen molar-refractivity contribution in [3.8, 4) is 6.07 Å². The lowest BCUT2D eigenvalue weighted by Crippen LogP contribution is -2.15. The van der Waals surface area contributed by atoms with Crippen molar-refractivity contribution < 1.29 is 9.53 Å². The molecule has 1 unspecified atom stereocenters. The fourth-order valence-corrected chi connectivity index (χ4v) is 0.768. The van der Waals surface area contributed by atoms with Gasteiger partial charge in [0.15, 0.2) is 0 Å². The van der Waals surface area contributed by atoms with Crippen molar-refractivity contribution in [2.24, 2.45) is 5.92 Å². The molecule has 0 amide bonds. The molecule has 62 valence electrons. The van der Waals surface area contributed by atoms with E-state index in [2.05, 4.69) is 0 Å². The molecule has 0 heterocycles. The summed E-state index contributed by atoms with van der Waals surface area (Å²) in [6.45, 7) is 2.26. The first-order chi connectivity index (χ1) is 5.22. The summed E-state index contributed by atoms with van der Waals surface area (Å²) >= 11 is 0. The van der Waals surface area contributed by atoms with E-state index in [1.165, 1.54) is 0 Å². The molecule has 3 heteroatoms. The third-order valence-electron chi connectivity index (χ3n) is 1.45. The molecule has 0 saturated heterocycles. The minimum Gasteiger partial charge on any atom is -0.384 e. The molecule has 0 aliphatic carbocycles. The Morgan fingerprint density at radius 2 is 2.36 bits per heavy atom. The minimum atomic E-state index is -0.0756. The van der Waals surface area contributed by atoms with Crippen LogP contribution in [-0.4, -0.2) is 19.5 Å². The van der Waals surface area contributed by atoms with E-state index in [0.29, 0.717) is 19.4 Å². The van der Waals surface area contributed by atoms with E-state index in [4.69, 9.17) is 10.00 Å². The molecule has 0 aliphatic heterocycles. The van der Waals surface area contributed by atoms with Gasteiger partial charge in [-0.1, -0.05) is 6.92 Å². The molecule has 0 radical (unpaired) electrons. The Balaban J connectivity index is 3.57. The molecular weight excluding hydrogens is 142 g/mol. The highest BCUT2D eigenvalue weighted by Crippen LogP contribution is 2.02. The molecular formula is C8H13NO2. The van der Waals surface area contributed by atoms with E-state index in [1.807, 2.05) is 13.0 Å². The maximum Gasteiger partial charge on any atom is 0.139 e. The summed E-state index contributed by atoms with van der Waals surface area (Å²) in [6, 6.07) is 1.93. The molecule has 3 nitrogen and oxygen atoms in total. The second-order valence-corrected chi connectivity index (χ2v) is 2.48. The van der Waals surface area contributed by atoms with Crippen LogP contribution in [0.1, 0.15) is 19.8 Å². The average Bonchev–Trinajstić information content (AvgIpc) is 2.00. The summed E-state index contributed by atoms with van der Waals surface area (Å²) in [6.07, 6.45) is 0.661. The molecule has 0 aromatic heterocycles. The number of nitrogens with zero attached hydrogens (tertiary/aromatic N) is 1. The predicted molar refractivity (Wildman–Crippen MR) is 40.9 cm³/mol. The van der Waals surface area contributed by atoms with Gasteiger partial charge in [-0.3, -0.25) is 4.79 Å². The first-order valence-corrected chi connectivity index (χ1v) is 3.61. The largest absolute Gasteiger partial charge is 0.384 e. The Morgan fingerprint density at radius 3 is 2.82 bits per heavy atom. The number of nitriles is 1. The van der Waals surface area contributed by atoms with Crippen LogP contribution in [0.3, 0.4) is 0 Å². The Hall–Kier alpha value is -0.880. The van der Waals surface area contributed by atoms with Crippen LogP contribution in [0.4, 0.5) is 0 Å². The van der Waals surface area contributed by atoms with Gasteiger partial charge in [0.2, 0.25) is 0 Å². The van der Waals surface area contributed by atoms with Crippen molar-refractivity contribution in [3.05, 3.63) is 0 Å². The third-order valence-corrected chi connectivity index (χ3v) is 1.45. The number of rotatable bonds is 5. The van der Waals surface area contributed by atoms with Crippen molar-refractivity contribution in [1.29, 1.82) is 5.26 Å². The van der Waals surface area contributed by atoms with Crippen LogP contribution in [0.25, 0.3) is 0 Å². The summed E-state index contributed by atoms with van der Waals surface area (Å²) < 4.78 is 4.80. The van der Waals surface area contributed by atoms with Gasteiger partial charge in [0.1, 0.15) is 5.78 Å². The lowest BCUT2D eigenvalue weighted by atomic mass is 10.0. The molecule has 0 saturated carbocycles. The second kappa shape index (κ2) is 5.87. The van der Waals surface area contributed by atoms with E-state index in [9.17, 15) is 4.79 Å². The van der Waals surface area contributed by atoms with Crippen LogP contribution >= 0.6 is 0 Å². The summed E-state index contributed by atoms with van der Waals surface area (Å²) in [5, 5.41) is 8.19. The van der Waals surface area contributed by atoms with Gasteiger partial charge in [0.05, 0.1) is 12.7 Å². The highest BCUT2D eigenvalue weighted by atomic mass is 16.5. The van der Waals surface area contributed by atoms with Gasteiger partial charge in [-0.25, -0.2) is 0 Å². The number of Topliss-reactive ketones (excluding diaryl/α,β-unsaturated/α-hetero) is 1. The predicted octanol–water partition coefficient (Wildman–Crippen LogP) is 1.14. The van der Waals surface area contributed by atoms with Gasteiger partial charge in [-0.15, -0.1) is 0 Å². The van der Waals surface area contributed by atoms with Gasteiger partial charge in [-0.05, 0) is 0 Å². The summed E-state index contributed by atoms with van der Waals surface area (Å²) in [4.78, 5) is 11.1. The maximum atomic E-state index is 11.1. The Kier molecular flexibility index (Phi) is 5.40. The van der Waals surface area contributed by atoms with Crippen molar-refractivity contribution in [2.45, 2.75) is 19.8 Å². The van der Waals surface area contributed by atoms with Crippen LogP contribution in [-0.2, 0) is 9.53 Å². The Morgan fingerprint density at radius 1 is 1.73 bits per heavy atom. The number of ketones is 1. The maximum absolute atomic E-state index is 11.1. The topological polar surface area (TPSA) is 50.1 Å². The zero-order chi connectivity index (χ0) is 8.69. The van der Waals surface area contributed by atoms with Gasteiger partial charge in [0, 0.05) is 25.9 Å². The smallest absolute Gasteiger partial charge is 0.139 e. The normalized spacial score (nSPS) is 12.1. The molecule has 11 heavy (non-hydrogen) atoms. The molecule has 1 atom stereocenters. The molecule has 0 aliphatic rings. The fourth-order valence-electron chi connectivity index (χ4n) is 0.768. The van der Waals surface area contributed by atoms with Gasteiger partial charge in [0.25, 0.3) is 0 Å². The molecule has 0 aromatic carbocycles. The standard InChI is InChI=1S/C8H13NO2/c1-7(6-11-2)8(10)4-3-5-9/h7H,3-4,6H2,1-2H3. The van der Waals surface area contributed by atoms with Crippen molar-refractivity contribution in [3.63, 3.8) is 0 Å².